The Kier molecular flexibility index (Phi) is 5.50. The number of methoxy groups -OCH3 is 1. The standard InChI is InChI=1S/C15H12Br2FNO2/c1-21-8-10-11(16)5-3-7-13(10)19-15(20)9-4-2-6-12(17)14(9)18/h2-7H,8H2,1H3,(H,19,20). The topological polar surface area (TPSA) is 38.3 Å². The molecule has 0 unspecified atom stereocenters. The number of benzene rings is 2. The minimum absolute atomic E-state index is 0.0206. The molecule has 0 saturated carbocycles. The summed E-state index contributed by atoms with van der Waals surface area (Å²) in [4.78, 5) is 12.2. The number of rotatable bonds is 4. The highest BCUT2D eigenvalue weighted by atomic mass is 79.9. The predicted octanol–water partition coefficient (Wildman–Crippen LogP) is 4.75. The van der Waals surface area contributed by atoms with Gasteiger partial charge >= 0.3 is 0 Å². The predicted molar refractivity (Wildman–Crippen MR) is 86.9 cm³/mol. The van der Waals surface area contributed by atoms with E-state index in [4.69, 9.17) is 4.74 Å². The quantitative estimate of drug-likeness (QED) is 0.780. The minimum Gasteiger partial charge on any atom is -0.380 e. The SMILES string of the molecule is COCc1c(Br)cccc1NC(=O)c1cccc(Br)c1F. The Bertz CT molecular complexity index is 677. The highest BCUT2D eigenvalue weighted by Gasteiger charge is 2.16. The fourth-order valence-corrected chi connectivity index (χ4v) is 2.68. The summed E-state index contributed by atoms with van der Waals surface area (Å²) in [5, 5.41) is 2.71. The number of ether oxygens (including phenoxy) is 1. The number of hydrogen-bond donors (Lipinski definition) is 1. The third-order valence-corrected chi connectivity index (χ3v) is 4.21. The molecule has 0 heterocycles. The molecule has 0 aliphatic carbocycles. The summed E-state index contributed by atoms with van der Waals surface area (Å²) >= 11 is 6.48. The molecular weight excluding hydrogens is 405 g/mol. The van der Waals surface area contributed by atoms with Crippen LogP contribution in [0, 0.1) is 5.82 Å². The second kappa shape index (κ2) is 7.15. The van der Waals surface area contributed by atoms with Gasteiger partial charge in [-0.2, -0.15) is 0 Å². The summed E-state index contributed by atoms with van der Waals surface area (Å²) in [6, 6.07) is 9.97. The van der Waals surface area contributed by atoms with Crippen molar-refractivity contribution < 1.29 is 13.9 Å². The smallest absolute Gasteiger partial charge is 0.258 e. The molecule has 0 atom stereocenters. The zero-order valence-electron chi connectivity index (χ0n) is 11.1. The molecule has 1 amide bonds. The van der Waals surface area contributed by atoms with E-state index >= 15 is 0 Å². The van der Waals surface area contributed by atoms with E-state index in [9.17, 15) is 9.18 Å². The largest absolute Gasteiger partial charge is 0.380 e. The molecule has 2 aromatic carbocycles. The lowest BCUT2D eigenvalue weighted by Gasteiger charge is -2.13. The van der Waals surface area contributed by atoms with Crippen LogP contribution in [0.3, 0.4) is 0 Å². The molecule has 6 heteroatoms. The Hall–Kier alpha value is -1.24. The summed E-state index contributed by atoms with van der Waals surface area (Å²) in [6.07, 6.45) is 0. The van der Waals surface area contributed by atoms with Gasteiger partial charge in [-0.05, 0) is 40.2 Å². The van der Waals surface area contributed by atoms with Gasteiger partial charge in [0.1, 0.15) is 5.82 Å². The van der Waals surface area contributed by atoms with Crippen LogP contribution >= 0.6 is 31.9 Å². The Labute approximate surface area is 138 Å². The number of carbonyl (C=O) groups is 1. The van der Waals surface area contributed by atoms with Gasteiger partial charge in [0.15, 0.2) is 0 Å². The lowest BCUT2D eigenvalue weighted by atomic mass is 10.1. The summed E-state index contributed by atoms with van der Waals surface area (Å²) in [7, 11) is 1.57. The third-order valence-electron chi connectivity index (χ3n) is 2.85. The lowest BCUT2D eigenvalue weighted by molar-refractivity contribution is 0.102. The fourth-order valence-electron chi connectivity index (χ4n) is 1.84. The Balaban J connectivity index is 2.32. The van der Waals surface area contributed by atoms with Crippen molar-refractivity contribution in [1.82, 2.24) is 0 Å². The molecule has 0 fully saturated rings. The second-order valence-electron chi connectivity index (χ2n) is 4.25. The van der Waals surface area contributed by atoms with E-state index < -0.39 is 11.7 Å². The van der Waals surface area contributed by atoms with Crippen LogP contribution in [0.2, 0.25) is 0 Å². The van der Waals surface area contributed by atoms with Crippen LogP contribution in [-0.2, 0) is 11.3 Å². The van der Waals surface area contributed by atoms with Crippen molar-refractivity contribution in [3.8, 4) is 0 Å². The molecule has 0 aliphatic heterocycles. The molecule has 0 saturated heterocycles. The first-order chi connectivity index (χ1) is 10.0. The molecule has 0 bridgehead atoms. The maximum Gasteiger partial charge on any atom is 0.258 e. The summed E-state index contributed by atoms with van der Waals surface area (Å²) < 4.78 is 20.1. The first kappa shape index (κ1) is 16.1. The van der Waals surface area contributed by atoms with Crippen LogP contribution < -0.4 is 5.32 Å². The average Bonchev–Trinajstić information content (AvgIpc) is 2.45. The van der Waals surface area contributed by atoms with Crippen molar-refractivity contribution in [2.45, 2.75) is 6.61 Å². The number of nitrogens with one attached hydrogen (secondary N) is 1. The first-order valence-electron chi connectivity index (χ1n) is 6.06. The van der Waals surface area contributed by atoms with Gasteiger partial charge in [-0.25, -0.2) is 4.39 Å². The summed E-state index contributed by atoms with van der Waals surface area (Å²) in [5.74, 6) is -1.09. The molecule has 0 aliphatic rings. The molecule has 2 aromatic rings. The Morgan fingerprint density at radius 2 is 1.86 bits per heavy atom. The highest BCUT2D eigenvalue weighted by molar-refractivity contribution is 9.10. The van der Waals surface area contributed by atoms with Gasteiger partial charge in [0.2, 0.25) is 0 Å². The van der Waals surface area contributed by atoms with Crippen molar-refractivity contribution in [1.29, 1.82) is 0 Å². The van der Waals surface area contributed by atoms with Gasteiger partial charge in [-0.1, -0.05) is 28.1 Å². The van der Waals surface area contributed by atoms with Crippen LogP contribution in [0.25, 0.3) is 0 Å². The Morgan fingerprint density at radius 1 is 1.19 bits per heavy atom. The summed E-state index contributed by atoms with van der Waals surface area (Å²) in [6.45, 7) is 0.331. The van der Waals surface area contributed by atoms with Crippen LogP contribution in [0.1, 0.15) is 15.9 Å². The Morgan fingerprint density at radius 3 is 2.57 bits per heavy atom. The van der Waals surface area contributed by atoms with Gasteiger partial charge in [-0.15, -0.1) is 0 Å². The number of hydrogen-bond acceptors (Lipinski definition) is 2. The van der Waals surface area contributed by atoms with Gasteiger partial charge in [0.25, 0.3) is 5.91 Å². The van der Waals surface area contributed by atoms with E-state index in [1.807, 2.05) is 6.07 Å². The summed E-state index contributed by atoms with van der Waals surface area (Å²) in [5.41, 5.74) is 1.35. The van der Waals surface area contributed by atoms with E-state index in [2.05, 4.69) is 37.2 Å². The molecule has 21 heavy (non-hydrogen) atoms. The van der Waals surface area contributed by atoms with Crippen molar-refractivity contribution in [2.75, 3.05) is 12.4 Å². The minimum atomic E-state index is -0.585. The molecule has 1 N–H and O–H groups in total. The van der Waals surface area contributed by atoms with E-state index in [0.717, 1.165) is 10.0 Å². The van der Waals surface area contributed by atoms with Crippen LogP contribution in [0.5, 0.6) is 0 Å². The molecule has 0 aromatic heterocycles. The van der Waals surface area contributed by atoms with Crippen molar-refractivity contribution in [3.63, 3.8) is 0 Å². The average molecular weight is 417 g/mol. The number of anilines is 1. The molecule has 0 spiro atoms. The molecular formula is C15H12Br2FNO2. The van der Waals surface area contributed by atoms with Crippen LogP contribution in [0.15, 0.2) is 45.3 Å². The van der Waals surface area contributed by atoms with E-state index in [1.54, 1.807) is 31.4 Å². The van der Waals surface area contributed by atoms with Crippen LogP contribution in [0.4, 0.5) is 10.1 Å². The van der Waals surface area contributed by atoms with Gasteiger partial charge < -0.3 is 10.1 Å². The monoisotopic (exact) mass is 415 g/mol. The highest BCUT2D eigenvalue weighted by Crippen LogP contribution is 2.27. The molecule has 110 valence electrons. The van der Waals surface area contributed by atoms with Gasteiger partial charge in [0.05, 0.1) is 16.6 Å². The van der Waals surface area contributed by atoms with E-state index in [-0.39, 0.29) is 10.0 Å². The number of halogens is 3. The zero-order valence-corrected chi connectivity index (χ0v) is 14.3. The normalized spacial score (nSPS) is 10.5. The second-order valence-corrected chi connectivity index (χ2v) is 5.96. The van der Waals surface area contributed by atoms with E-state index in [0.29, 0.717) is 12.3 Å². The first-order valence-corrected chi connectivity index (χ1v) is 7.65. The van der Waals surface area contributed by atoms with Crippen molar-refractivity contribution in [2.24, 2.45) is 0 Å². The molecule has 0 radical (unpaired) electrons. The van der Waals surface area contributed by atoms with Gasteiger partial charge in [-0.3, -0.25) is 4.79 Å². The molecule has 2 rings (SSSR count). The lowest BCUT2D eigenvalue weighted by Crippen LogP contribution is -2.15. The van der Waals surface area contributed by atoms with Crippen LogP contribution in [-0.4, -0.2) is 13.0 Å². The van der Waals surface area contributed by atoms with E-state index in [1.165, 1.54) is 6.07 Å². The van der Waals surface area contributed by atoms with Gasteiger partial charge in [0, 0.05) is 22.8 Å². The number of carbonyl (C=O) groups excluding carboxylic acids is 1. The number of amides is 1. The fraction of sp³-hybridized carbons (Fsp3) is 0.133. The van der Waals surface area contributed by atoms with Crippen molar-refractivity contribution in [3.05, 3.63) is 62.3 Å². The third kappa shape index (κ3) is 3.70. The van der Waals surface area contributed by atoms with Crippen molar-refractivity contribution >= 4 is 43.5 Å². The maximum atomic E-state index is 13.9. The maximum absolute atomic E-state index is 13.9. The zero-order chi connectivity index (χ0) is 15.4. The molecule has 3 nitrogen and oxygen atoms in total.